The molecule has 0 atom stereocenters. The van der Waals surface area contributed by atoms with Gasteiger partial charge in [0.15, 0.2) is 11.8 Å². The fourth-order valence-electron chi connectivity index (χ4n) is 1.44. The molecule has 2 rings (SSSR count). The Balaban J connectivity index is 1.89. The van der Waals surface area contributed by atoms with Crippen molar-refractivity contribution in [3.8, 4) is 0 Å². The molecule has 0 saturated carbocycles. The summed E-state index contributed by atoms with van der Waals surface area (Å²) in [5, 5.41) is 4.49. The van der Waals surface area contributed by atoms with Crippen molar-refractivity contribution in [1.29, 1.82) is 0 Å². The number of aryl methyl sites for hydroxylation is 1. The van der Waals surface area contributed by atoms with Crippen LogP contribution in [0.25, 0.3) is 0 Å². The van der Waals surface area contributed by atoms with Crippen LogP contribution in [0.5, 0.6) is 0 Å². The first-order valence-electron chi connectivity index (χ1n) is 5.69. The molecule has 1 N–H and O–H groups in total. The van der Waals surface area contributed by atoms with E-state index in [2.05, 4.69) is 10.3 Å². The molecule has 20 heavy (non-hydrogen) atoms. The number of pyridine rings is 1. The summed E-state index contributed by atoms with van der Waals surface area (Å²) in [7, 11) is 0. The number of aromatic nitrogens is 1. The third kappa shape index (κ3) is 3.55. The predicted octanol–water partition coefficient (Wildman–Crippen LogP) is 2.90. The number of carbonyl (C=O) groups is 2. The normalized spacial score (nSPS) is 10.1. The summed E-state index contributed by atoms with van der Waals surface area (Å²) in [6, 6.07) is 5.07. The Hall–Kier alpha value is -1.92. The third-order valence-corrected chi connectivity index (χ3v) is 3.71. The number of esters is 1. The Bertz CT molecular complexity index is 642. The molecule has 0 fully saturated rings. The minimum absolute atomic E-state index is 0.182. The summed E-state index contributed by atoms with van der Waals surface area (Å²) < 4.78 is 4.94. The second-order valence-electron chi connectivity index (χ2n) is 3.90. The van der Waals surface area contributed by atoms with Crippen molar-refractivity contribution in [2.45, 2.75) is 6.92 Å². The molecule has 0 bridgehead atoms. The molecule has 0 aliphatic rings. The number of nitrogens with one attached hydrogen (secondary N) is 1. The quantitative estimate of drug-likeness (QED) is 0.696. The van der Waals surface area contributed by atoms with Crippen molar-refractivity contribution in [2.75, 3.05) is 11.9 Å². The average molecular weight is 311 g/mol. The molecule has 0 radical (unpaired) electrons. The van der Waals surface area contributed by atoms with Crippen LogP contribution in [0.3, 0.4) is 0 Å². The molecule has 0 aliphatic carbocycles. The van der Waals surface area contributed by atoms with Gasteiger partial charge in [-0.3, -0.25) is 4.79 Å². The van der Waals surface area contributed by atoms with E-state index in [4.69, 9.17) is 16.3 Å². The number of rotatable bonds is 4. The molecule has 5 nitrogen and oxygen atoms in total. The predicted molar refractivity (Wildman–Crippen MR) is 77.2 cm³/mol. The number of carbonyl (C=O) groups excluding carboxylic acids is 2. The molecule has 2 aromatic rings. The highest BCUT2D eigenvalue weighted by atomic mass is 35.5. The topological polar surface area (TPSA) is 68.3 Å². The fraction of sp³-hybridized carbons (Fsp3) is 0.154. The summed E-state index contributed by atoms with van der Waals surface area (Å²) in [4.78, 5) is 27.7. The lowest BCUT2D eigenvalue weighted by Crippen LogP contribution is -2.21. The molecule has 1 amide bonds. The van der Waals surface area contributed by atoms with Gasteiger partial charge in [-0.2, -0.15) is 0 Å². The van der Waals surface area contributed by atoms with Crippen molar-refractivity contribution in [1.82, 2.24) is 4.98 Å². The van der Waals surface area contributed by atoms with E-state index in [0.29, 0.717) is 10.6 Å². The highest BCUT2D eigenvalue weighted by molar-refractivity contribution is 7.12. The molecule has 7 heteroatoms. The highest BCUT2D eigenvalue weighted by Gasteiger charge is 2.14. The zero-order chi connectivity index (χ0) is 14.5. The molecule has 0 saturated heterocycles. The van der Waals surface area contributed by atoms with Gasteiger partial charge in [-0.05, 0) is 36.1 Å². The summed E-state index contributed by atoms with van der Waals surface area (Å²) in [5.41, 5.74) is 1.21. The maximum Gasteiger partial charge on any atom is 0.349 e. The van der Waals surface area contributed by atoms with Gasteiger partial charge in [0.25, 0.3) is 5.91 Å². The minimum atomic E-state index is -0.509. The number of halogens is 1. The third-order valence-electron chi connectivity index (χ3n) is 2.42. The van der Waals surface area contributed by atoms with Gasteiger partial charge in [-0.1, -0.05) is 11.6 Å². The largest absolute Gasteiger partial charge is 0.451 e. The molecule has 2 heterocycles. The van der Waals surface area contributed by atoms with Gasteiger partial charge in [0.2, 0.25) is 0 Å². The van der Waals surface area contributed by atoms with E-state index < -0.39 is 11.9 Å². The molecule has 0 spiro atoms. The van der Waals surface area contributed by atoms with Gasteiger partial charge in [-0.15, -0.1) is 11.3 Å². The molecule has 0 aromatic carbocycles. The lowest BCUT2D eigenvalue weighted by atomic mass is 10.3. The van der Waals surface area contributed by atoms with Crippen molar-refractivity contribution in [3.05, 3.63) is 45.4 Å². The highest BCUT2D eigenvalue weighted by Crippen LogP contribution is 2.18. The number of nitrogens with zero attached hydrogens (tertiary/aromatic N) is 1. The molecule has 2 aromatic heterocycles. The summed E-state index contributed by atoms with van der Waals surface area (Å²) in [5.74, 6) is -0.979. The Morgan fingerprint density at radius 1 is 1.45 bits per heavy atom. The van der Waals surface area contributed by atoms with Crippen LogP contribution in [-0.2, 0) is 9.53 Å². The standard InChI is InChI=1S/C13H11ClN2O3S/c1-8-4-6-20-11(8)13(18)19-7-10(17)16-9-3-2-5-15-12(9)14/h2-6H,7H2,1H3,(H,16,17). The Morgan fingerprint density at radius 3 is 2.90 bits per heavy atom. The second-order valence-corrected chi connectivity index (χ2v) is 5.17. The van der Waals surface area contributed by atoms with Crippen molar-refractivity contribution in [3.63, 3.8) is 0 Å². The first kappa shape index (κ1) is 14.5. The van der Waals surface area contributed by atoms with E-state index in [0.717, 1.165) is 5.56 Å². The van der Waals surface area contributed by atoms with Crippen molar-refractivity contribution >= 4 is 40.5 Å². The maximum atomic E-state index is 11.7. The number of amides is 1. The minimum Gasteiger partial charge on any atom is -0.451 e. The van der Waals surface area contributed by atoms with Gasteiger partial charge in [0.05, 0.1) is 5.69 Å². The number of hydrogen-bond donors (Lipinski definition) is 1. The van der Waals surface area contributed by atoms with Crippen LogP contribution in [0.15, 0.2) is 29.8 Å². The molecule has 104 valence electrons. The smallest absolute Gasteiger partial charge is 0.349 e. The van der Waals surface area contributed by atoms with Gasteiger partial charge in [-0.25, -0.2) is 9.78 Å². The monoisotopic (exact) mass is 310 g/mol. The van der Waals surface area contributed by atoms with Crippen LogP contribution in [0.2, 0.25) is 5.15 Å². The zero-order valence-electron chi connectivity index (χ0n) is 10.6. The van der Waals surface area contributed by atoms with Crippen LogP contribution in [0.4, 0.5) is 5.69 Å². The Morgan fingerprint density at radius 2 is 2.25 bits per heavy atom. The van der Waals surface area contributed by atoms with Crippen molar-refractivity contribution < 1.29 is 14.3 Å². The lowest BCUT2D eigenvalue weighted by Gasteiger charge is -2.07. The maximum absolute atomic E-state index is 11.7. The first-order valence-corrected chi connectivity index (χ1v) is 6.95. The number of thiophene rings is 1. The molecule has 0 aliphatic heterocycles. The van der Waals surface area contributed by atoms with Crippen molar-refractivity contribution in [2.24, 2.45) is 0 Å². The van der Waals surface area contributed by atoms with Gasteiger partial charge >= 0.3 is 5.97 Å². The van der Waals surface area contributed by atoms with E-state index >= 15 is 0 Å². The molecular weight excluding hydrogens is 300 g/mol. The van der Waals surface area contributed by atoms with E-state index in [1.165, 1.54) is 17.5 Å². The van der Waals surface area contributed by atoms with E-state index in [1.807, 2.05) is 13.0 Å². The Kier molecular flexibility index (Phi) is 4.70. The van der Waals surface area contributed by atoms with E-state index in [-0.39, 0.29) is 11.8 Å². The lowest BCUT2D eigenvalue weighted by molar-refractivity contribution is -0.119. The summed E-state index contributed by atoms with van der Waals surface area (Å²) in [6.45, 7) is 1.43. The van der Waals surface area contributed by atoms with Gasteiger partial charge < -0.3 is 10.1 Å². The van der Waals surface area contributed by atoms with Gasteiger partial charge in [0, 0.05) is 6.20 Å². The van der Waals surface area contributed by atoms with Crippen LogP contribution in [0.1, 0.15) is 15.2 Å². The second kappa shape index (κ2) is 6.49. The first-order chi connectivity index (χ1) is 9.58. The average Bonchev–Trinajstić information content (AvgIpc) is 2.85. The van der Waals surface area contributed by atoms with Gasteiger partial charge in [0.1, 0.15) is 4.88 Å². The van der Waals surface area contributed by atoms with Crippen LogP contribution in [0, 0.1) is 6.92 Å². The molecule has 0 unspecified atom stereocenters. The number of anilines is 1. The SMILES string of the molecule is Cc1ccsc1C(=O)OCC(=O)Nc1cccnc1Cl. The Labute approximate surface area is 124 Å². The van der Waals surface area contributed by atoms with Crippen LogP contribution in [-0.4, -0.2) is 23.5 Å². The zero-order valence-corrected chi connectivity index (χ0v) is 12.1. The van der Waals surface area contributed by atoms with Crippen LogP contribution < -0.4 is 5.32 Å². The summed E-state index contributed by atoms with van der Waals surface area (Å²) in [6.07, 6.45) is 1.51. The fourth-order valence-corrected chi connectivity index (χ4v) is 2.43. The van der Waals surface area contributed by atoms with E-state index in [1.54, 1.807) is 17.5 Å². The molecular formula is C13H11ClN2O3S. The van der Waals surface area contributed by atoms with E-state index in [9.17, 15) is 9.59 Å². The number of ether oxygens (including phenoxy) is 1. The summed E-state index contributed by atoms with van der Waals surface area (Å²) >= 11 is 7.08. The number of hydrogen-bond acceptors (Lipinski definition) is 5. The van der Waals surface area contributed by atoms with Crippen LogP contribution >= 0.6 is 22.9 Å².